The van der Waals surface area contributed by atoms with Gasteiger partial charge in [0.15, 0.2) is 0 Å². The number of halogens is 1. The van der Waals surface area contributed by atoms with Gasteiger partial charge in [0.25, 0.3) is 0 Å². The van der Waals surface area contributed by atoms with Crippen molar-refractivity contribution in [1.82, 2.24) is 0 Å². The molecule has 1 aromatic rings. The highest BCUT2D eigenvalue weighted by molar-refractivity contribution is 5.56. The monoisotopic (exact) mass is 237 g/mol. The third kappa shape index (κ3) is 2.44. The third-order valence-electron chi connectivity index (χ3n) is 3.74. The van der Waals surface area contributed by atoms with Crippen molar-refractivity contribution in [3.8, 4) is 0 Å². The first kappa shape index (κ1) is 12.4. The largest absolute Gasteiger partial charge is 0.389 e. The number of rotatable bonds is 4. The van der Waals surface area contributed by atoms with E-state index in [4.69, 9.17) is 0 Å². The Morgan fingerprint density at radius 2 is 2.00 bits per heavy atom. The van der Waals surface area contributed by atoms with E-state index in [0.29, 0.717) is 23.2 Å². The zero-order valence-electron chi connectivity index (χ0n) is 10.7. The second kappa shape index (κ2) is 4.65. The van der Waals surface area contributed by atoms with Crippen molar-refractivity contribution in [2.45, 2.75) is 38.8 Å². The summed E-state index contributed by atoms with van der Waals surface area (Å²) in [5.74, 6) is 0.417. The number of nitrogens with zero attached hydrogens (tertiary/aromatic N) is 1. The van der Waals surface area contributed by atoms with E-state index < -0.39 is 6.10 Å². The molecule has 1 aliphatic rings. The molecule has 0 saturated heterocycles. The summed E-state index contributed by atoms with van der Waals surface area (Å²) in [4.78, 5) is 1.97. The maximum absolute atomic E-state index is 14.0. The number of aliphatic hydroxyl groups excluding tert-OH is 1. The Bertz CT molecular complexity index is 401. The fraction of sp³-hybridized carbons (Fsp3) is 0.571. The predicted octanol–water partition coefficient (Wildman–Crippen LogP) is 3.11. The van der Waals surface area contributed by atoms with Crippen molar-refractivity contribution < 1.29 is 9.50 Å². The van der Waals surface area contributed by atoms with E-state index in [1.807, 2.05) is 11.9 Å². The van der Waals surface area contributed by atoms with Gasteiger partial charge in [0.2, 0.25) is 0 Å². The average molecular weight is 237 g/mol. The number of benzene rings is 1. The van der Waals surface area contributed by atoms with Crippen LogP contribution in [0.3, 0.4) is 0 Å². The van der Waals surface area contributed by atoms with E-state index in [-0.39, 0.29) is 5.82 Å². The summed E-state index contributed by atoms with van der Waals surface area (Å²) in [7, 11) is 1.91. The number of hydrogen-bond donors (Lipinski definition) is 1. The van der Waals surface area contributed by atoms with E-state index in [9.17, 15) is 9.50 Å². The molecule has 1 aromatic carbocycles. The Morgan fingerprint density at radius 1 is 1.35 bits per heavy atom. The van der Waals surface area contributed by atoms with Crippen LogP contribution in [0.4, 0.5) is 10.1 Å². The Kier molecular flexibility index (Phi) is 3.38. The molecule has 0 spiro atoms. The molecule has 2 unspecified atom stereocenters. The number of para-hydroxylation sites is 1. The van der Waals surface area contributed by atoms with Gasteiger partial charge in [-0.05, 0) is 38.7 Å². The molecule has 0 amide bonds. The second-order valence-electron chi connectivity index (χ2n) is 5.04. The molecule has 2 nitrogen and oxygen atoms in total. The minimum atomic E-state index is -0.644. The highest BCUT2D eigenvalue weighted by Crippen LogP contribution is 2.38. The maximum atomic E-state index is 14.0. The number of hydrogen-bond acceptors (Lipinski definition) is 2. The molecule has 0 radical (unpaired) electrons. The van der Waals surface area contributed by atoms with E-state index in [0.717, 1.165) is 0 Å². The zero-order valence-corrected chi connectivity index (χ0v) is 10.7. The van der Waals surface area contributed by atoms with Gasteiger partial charge in [-0.3, -0.25) is 0 Å². The SMILES string of the molecule is CC(O)c1cccc(F)c1N(C)C(C)C1CC1. The van der Waals surface area contributed by atoms with E-state index in [1.54, 1.807) is 19.1 Å². The van der Waals surface area contributed by atoms with Gasteiger partial charge in [-0.15, -0.1) is 0 Å². The minimum Gasteiger partial charge on any atom is -0.389 e. The lowest BCUT2D eigenvalue weighted by atomic mass is 10.0. The first-order valence-electron chi connectivity index (χ1n) is 6.21. The van der Waals surface area contributed by atoms with Crippen LogP contribution >= 0.6 is 0 Å². The van der Waals surface area contributed by atoms with Gasteiger partial charge < -0.3 is 10.0 Å². The van der Waals surface area contributed by atoms with Crippen LogP contribution in [0.5, 0.6) is 0 Å². The van der Waals surface area contributed by atoms with Crippen LogP contribution in [0.2, 0.25) is 0 Å². The van der Waals surface area contributed by atoms with Gasteiger partial charge in [-0.2, -0.15) is 0 Å². The van der Waals surface area contributed by atoms with E-state index >= 15 is 0 Å². The van der Waals surface area contributed by atoms with E-state index in [1.165, 1.54) is 18.9 Å². The maximum Gasteiger partial charge on any atom is 0.146 e. The molecule has 0 bridgehead atoms. The predicted molar refractivity (Wildman–Crippen MR) is 67.6 cm³/mol. The van der Waals surface area contributed by atoms with Crippen molar-refractivity contribution in [2.75, 3.05) is 11.9 Å². The van der Waals surface area contributed by atoms with Gasteiger partial charge in [-0.1, -0.05) is 12.1 Å². The fourth-order valence-electron chi connectivity index (χ4n) is 2.34. The molecule has 1 fully saturated rings. The topological polar surface area (TPSA) is 23.5 Å². The van der Waals surface area contributed by atoms with Crippen LogP contribution in [0, 0.1) is 11.7 Å². The highest BCUT2D eigenvalue weighted by Gasteiger charge is 2.32. The van der Waals surface area contributed by atoms with Crippen molar-refractivity contribution in [3.63, 3.8) is 0 Å². The Hall–Kier alpha value is -1.09. The van der Waals surface area contributed by atoms with Gasteiger partial charge >= 0.3 is 0 Å². The van der Waals surface area contributed by atoms with Crippen molar-refractivity contribution in [1.29, 1.82) is 0 Å². The molecule has 1 N–H and O–H groups in total. The molecule has 1 aliphatic carbocycles. The summed E-state index contributed by atoms with van der Waals surface area (Å²) in [6, 6.07) is 5.22. The van der Waals surface area contributed by atoms with Crippen molar-refractivity contribution >= 4 is 5.69 Å². The first-order valence-corrected chi connectivity index (χ1v) is 6.21. The van der Waals surface area contributed by atoms with Crippen LogP contribution in [0.15, 0.2) is 18.2 Å². The van der Waals surface area contributed by atoms with Gasteiger partial charge in [0.05, 0.1) is 11.8 Å². The number of aliphatic hydroxyl groups is 1. The van der Waals surface area contributed by atoms with Gasteiger partial charge in [-0.25, -0.2) is 4.39 Å². The summed E-state index contributed by atoms with van der Waals surface area (Å²) < 4.78 is 14.0. The average Bonchev–Trinajstić information content (AvgIpc) is 3.10. The molecular formula is C14H20FNO. The normalized spacial score (nSPS) is 18.9. The molecule has 2 atom stereocenters. The summed E-state index contributed by atoms with van der Waals surface area (Å²) in [5.41, 5.74) is 1.21. The second-order valence-corrected chi connectivity index (χ2v) is 5.04. The lowest BCUT2D eigenvalue weighted by Gasteiger charge is -2.30. The van der Waals surface area contributed by atoms with Crippen molar-refractivity contribution in [2.24, 2.45) is 5.92 Å². The fourth-order valence-corrected chi connectivity index (χ4v) is 2.34. The van der Waals surface area contributed by atoms with E-state index in [2.05, 4.69) is 6.92 Å². The molecule has 17 heavy (non-hydrogen) atoms. The molecular weight excluding hydrogens is 217 g/mol. The summed E-state index contributed by atoms with van der Waals surface area (Å²) in [5, 5.41) is 9.72. The van der Waals surface area contributed by atoms with Crippen LogP contribution < -0.4 is 4.90 Å². The highest BCUT2D eigenvalue weighted by atomic mass is 19.1. The standard InChI is InChI=1S/C14H20FNO/c1-9(11-7-8-11)16(3)14-12(10(2)17)5-4-6-13(14)15/h4-6,9-11,17H,7-8H2,1-3H3. The third-order valence-corrected chi connectivity index (χ3v) is 3.74. The van der Waals surface area contributed by atoms with Crippen LogP contribution in [0.1, 0.15) is 38.4 Å². The lowest BCUT2D eigenvalue weighted by molar-refractivity contribution is 0.199. The summed E-state index contributed by atoms with van der Waals surface area (Å²) in [6.45, 7) is 3.80. The number of anilines is 1. The summed E-state index contributed by atoms with van der Waals surface area (Å²) in [6.07, 6.45) is 1.81. The zero-order chi connectivity index (χ0) is 12.6. The molecule has 0 aliphatic heterocycles. The molecule has 2 rings (SSSR count). The molecule has 0 aromatic heterocycles. The van der Waals surface area contributed by atoms with Crippen LogP contribution in [-0.4, -0.2) is 18.2 Å². The van der Waals surface area contributed by atoms with Crippen LogP contribution in [-0.2, 0) is 0 Å². The Labute approximate surface area is 102 Å². The van der Waals surface area contributed by atoms with Crippen molar-refractivity contribution in [3.05, 3.63) is 29.6 Å². The van der Waals surface area contributed by atoms with Crippen LogP contribution in [0.25, 0.3) is 0 Å². The van der Waals surface area contributed by atoms with Gasteiger partial charge in [0, 0.05) is 18.7 Å². The Morgan fingerprint density at radius 3 is 2.53 bits per heavy atom. The first-order chi connectivity index (χ1) is 8.02. The van der Waals surface area contributed by atoms with Gasteiger partial charge in [0.1, 0.15) is 5.82 Å². The molecule has 1 saturated carbocycles. The lowest BCUT2D eigenvalue weighted by Crippen LogP contribution is -2.32. The quantitative estimate of drug-likeness (QED) is 0.869. The molecule has 94 valence electrons. The Balaban J connectivity index is 2.34. The molecule has 0 heterocycles. The smallest absolute Gasteiger partial charge is 0.146 e. The molecule has 3 heteroatoms. The summed E-state index contributed by atoms with van der Waals surface area (Å²) >= 11 is 0. The minimum absolute atomic E-state index is 0.251.